The van der Waals surface area contributed by atoms with Crippen molar-refractivity contribution >= 4 is 0 Å². The first-order chi connectivity index (χ1) is 7.83. The van der Waals surface area contributed by atoms with Gasteiger partial charge < -0.3 is 15.0 Å². The standard InChI is InChI=1S/C12H14N2O2/c1-9-11(10-5-3-2-4-6-10)16-14-12(9)15-8-7-13/h2-6H,7-8,13H2,1H3. The maximum absolute atomic E-state index is 5.36. The molecule has 0 fully saturated rings. The number of aromatic nitrogens is 1. The van der Waals surface area contributed by atoms with Gasteiger partial charge in [0.1, 0.15) is 6.61 Å². The molecule has 0 unspecified atom stereocenters. The normalized spacial score (nSPS) is 10.4. The molecule has 1 heterocycles. The fraction of sp³-hybridized carbons (Fsp3) is 0.250. The SMILES string of the molecule is Cc1c(OCCN)noc1-c1ccccc1. The second-order valence-corrected chi connectivity index (χ2v) is 3.45. The van der Waals surface area contributed by atoms with Gasteiger partial charge in [0.15, 0.2) is 5.76 Å². The van der Waals surface area contributed by atoms with Crippen molar-refractivity contribution in [1.82, 2.24) is 5.16 Å². The molecule has 2 rings (SSSR count). The van der Waals surface area contributed by atoms with E-state index in [1.807, 2.05) is 37.3 Å². The highest BCUT2D eigenvalue weighted by atomic mass is 16.5. The van der Waals surface area contributed by atoms with Gasteiger partial charge in [0.05, 0.1) is 5.56 Å². The van der Waals surface area contributed by atoms with Gasteiger partial charge in [0.25, 0.3) is 5.88 Å². The molecule has 0 bridgehead atoms. The first-order valence-corrected chi connectivity index (χ1v) is 5.17. The molecular weight excluding hydrogens is 204 g/mol. The molecular formula is C12H14N2O2. The molecule has 4 nitrogen and oxygen atoms in total. The van der Waals surface area contributed by atoms with Crippen LogP contribution < -0.4 is 10.5 Å². The van der Waals surface area contributed by atoms with Gasteiger partial charge in [-0.3, -0.25) is 0 Å². The minimum absolute atomic E-state index is 0.446. The quantitative estimate of drug-likeness (QED) is 0.852. The van der Waals surface area contributed by atoms with Crippen molar-refractivity contribution in [2.24, 2.45) is 5.73 Å². The Morgan fingerprint density at radius 2 is 2.06 bits per heavy atom. The van der Waals surface area contributed by atoms with E-state index in [4.69, 9.17) is 15.0 Å². The van der Waals surface area contributed by atoms with Crippen LogP contribution in [0.2, 0.25) is 0 Å². The van der Waals surface area contributed by atoms with Crippen LogP contribution in [-0.2, 0) is 0 Å². The molecule has 4 heteroatoms. The molecule has 0 amide bonds. The fourth-order valence-corrected chi connectivity index (χ4v) is 1.47. The predicted octanol–water partition coefficient (Wildman–Crippen LogP) is 1.99. The minimum Gasteiger partial charge on any atom is -0.474 e. The van der Waals surface area contributed by atoms with E-state index in [9.17, 15) is 0 Å². The average Bonchev–Trinajstić information content (AvgIpc) is 2.69. The van der Waals surface area contributed by atoms with Crippen LogP contribution in [-0.4, -0.2) is 18.3 Å². The number of benzene rings is 1. The molecule has 84 valence electrons. The molecule has 0 saturated heterocycles. The van der Waals surface area contributed by atoms with E-state index in [1.54, 1.807) is 0 Å². The molecule has 0 radical (unpaired) electrons. The first kappa shape index (κ1) is 10.7. The van der Waals surface area contributed by atoms with E-state index >= 15 is 0 Å². The summed E-state index contributed by atoms with van der Waals surface area (Å²) in [5.74, 6) is 1.26. The summed E-state index contributed by atoms with van der Waals surface area (Å²) in [6, 6.07) is 9.82. The smallest absolute Gasteiger partial charge is 0.257 e. The molecule has 0 atom stereocenters. The van der Waals surface area contributed by atoms with E-state index < -0.39 is 0 Å². The zero-order chi connectivity index (χ0) is 11.4. The Morgan fingerprint density at radius 3 is 2.75 bits per heavy atom. The summed E-state index contributed by atoms with van der Waals surface area (Å²) in [5, 5.41) is 3.88. The van der Waals surface area contributed by atoms with Crippen molar-refractivity contribution in [3.63, 3.8) is 0 Å². The van der Waals surface area contributed by atoms with Crippen LogP contribution >= 0.6 is 0 Å². The summed E-state index contributed by atoms with van der Waals surface area (Å²) in [5.41, 5.74) is 7.26. The number of rotatable bonds is 4. The Bertz CT molecular complexity index is 451. The Hall–Kier alpha value is -1.81. The van der Waals surface area contributed by atoms with Gasteiger partial charge >= 0.3 is 0 Å². The lowest BCUT2D eigenvalue weighted by Crippen LogP contribution is -2.11. The van der Waals surface area contributed by atoms with Gasteiger partial charge in [-0.2, -0.15) is 0 Å². The van der Waals surface area contributed by atoms with E-state index in [-0.39, 0.29) is 0 Å². The van der Waals surface area contributed by atoms with Crippen molar-refractivity contribution in [3.8, 4) is 17.2 Å². The fourth-order valence-electron chi connectivity index (χ4n) is 1.47. The summed E-state index contributed by atoms with van der Waals surface area (Å²) < 4.78 is 10.6. The number of nitrogens with two attached hydrogens (primary N) is 1. The first-order valence-electron chi connectivity index (χ1n) is 5.17. The average molecular weight is 218 g/mol. The summed E-state index contributed by atoms with van der Waals surface area (Å²) in [4.78, 5) is 0. The van der Waals surface area contributed by atoms with Crippen LogP contribution in [0.4, 0.5) is 0 Å². The van der Waals surface area contributed by atoms with E-state index in [0.717, 1.165) is 16.9 Å². The Kier molecular flexibility index (Phi) is 3.22. The van der Waals surface area contributed by atoms with E-state index in [1.165, 1.54) is 0 Å². The van der Waals surface area contributed by atoms with E-state index in [0.29, 0.717) is 19.0 Å². The summed E-state index contributed by atoms with van der Waals surface area (Å²) in [7, 11) is 0. The molecule has 0 aliphatic rings. The zero-order valence-electron chi connectivity index (χ0n) is 9.14. The van der Waals surface area contributed by atoms with Gasteiger partial charge in [-0.25, -0.2) is 0 Å². The molecule has 1 aromatic heterocycles. The van der Waals surface area contributed by atoms with Gasteiger partial charge in [-0.05, 0) is 12.1 Å². The number of hydrogen-bond donors (Lipinski definition) is 1. The maximum Gasteiger partial charge on any atom is 0.257 e. The number of nitrogens with zero attached hydrogens (tertiary/aromatic N) is 1. The molecule has 0 spiro atoms. The molecule has 0 aliphatic heterocycles. The van der Waals surface area contributed by atoms with Crippen molar-refractivity contribution in [3.05, 3.63) is 35.9 Å². The van der Waals surface area contributed by atoms with Crippen LogP contribution in [0.5, 0.6) is 5.88 Å². The van der Waals surface area contributed by atoms with Crippen molar-refractivity contribution in [2.45, 2.75) is 6.92 Å². The summed E-state index contributed by atoms with van der Waals surface area (Å²) >= 11 is 0. The molecule has 0 aliphatic carbocycles. The highest BCUT2D eigenvalue weighted by Gasteiger charge is 2.14. The Morgan fingerprint density at radius 1 is 1.31 bits per heavy atom. The van der Waals surface area contributed by atoms with Gasteiger partial charge in [-0.15, -0.1) is 0 Å². The topological polar surface area (TPSA) is 61.3 Å². The van der Waals surface area contributed by atoms with Crippen LogP contribution in [0, 0.1) is 6.92 Å². The molecule has 1 aromatic carbocycles. The lowest BCUT2D eigenvalue weighted by molar-refractivity contribution is 0.287. The third-order valence-electron chi connectivity index (χ3n) is 2.27. The van der Waals surface area contributed by atoms with Crippen LogP contribution in [0.1, 0.15) is 5.56 Å². The highest BCUT2D eigenvalue weighted by Crippen LogP contribution is 2.29. The molecule has 2 aromatic rings. The van der Waals surface area contributed by atoms with Crippen molar-refractivity contribution in [1.29, 1.82) is 0 Å². The second kappa shape index (κ2) is 4.81. The molecule has 2 N–H and O–H groups in total. The zero-order valence-corrected chi connectivity index (χ0v) is 9.14. The Balaban J connectivity index is 2.27. The summed E-state index contributed by atoms with van der Waals surface area (Å²) in [6.07, 6.45) is 0. The van der Waals surface area contributed by atoms with Crippen molar-refractivity contribution < 1.29 is 9.26 Å². The van der Waals surface area contributed by atoms with E-state index in [2.05, 4.69) is 5.16 Å². The van der Waals surface area contributed by atoms with Gasteiger partial charge in [-0.1, -0.05) is 30.3 Å². The monoisotopic (exact) mass is 218 g/mol. The third kappa shape index (κ3) is 2.06. The highest BCUT2D eigenvalue weighted by molar-refractivity contribution is 5.62. The van der Waals surface area contributed by atoms with Crippen molar-refractivity contribution in [2.75, 3.05) is 13.2 Å². The summed E-state index contributed by atoms with van der Waals surface area (Å²) in [6.45, 7) is 2.83. The lowest BCUT2D eigenvalue weighted by atomic mass is 10.1. The Labute approximate surface area is 94.0 Å². The van der Waals surface area contributed by atoms with Crippen LogP contribution in [0.15, 0.2) is 34.9 Å². The molecule has 0 saturated carbocycles. The second-order valence-electron chi connectivity index (χ2n) is 3.45. The maximum atomic E-state index is 5.36. The van der Waals surface area contributed by atoms with Crippen LogP contribution in [0.25, 0.3) is 11.3 Å². The van der Waals surface area contributed by atoms with Crippen LogP contribution in [0.3, 0.4) is 0 Å². The van der Waals surface area contributed by atoms with Gasteiger partial charge in [0.2, 0.25) is 0 Å². The predicted molar refractivity (Wildman–Crippen MR) is 61.2 cm³/mol. The minimum atomic E-state index is 0.446. The largest absolute Gasteiger partial charge is 0.474 e. The molecule has 16 heavy (non-hydrogen) atoms. The van der Waals surface area contributed by atoms with Gasteiger partial charge in [0, 0.05) is 12.1 Å². The number of ether oxygens (including phenoxy) is 1. The number of hydrogen-bond acceptors (Lipinski definition) is 4. The lowest BCUT2D eigenvalue weighted by Gasteiger charge is -2.00. The third-order valence-corrected chi connectivity index (χ3v) is 2.27.